The number of carbonyl (C=O) groups is 1. The number of rotatable bonds is 2. The van der Waals surface area contributed by atoms with Crippen molar-refractivity contribution in [2.24, 2.45) is 0 Å². The van der Waals surface area contributed by atoms with Gasteiger partial charge >= 0.3 is 6.18 Å². The number of tetrazole rings is 1. The van der Waals surface area contributed by atoms with Gasteiger partial charge in [0.25, 0.3) is 5.91 Å². The Bertz CT molecular complexity index is 797. The van der Waals surface area contributed by atoms with Crippen molar-refractivity contribution in [1.29, 1.82) is 0 Å². The van der Waals surface area contributed by atoms with Crippen LogP contribution in [0.25, 0.3) is 0 Å². The summed E-state index contributed by atoms with van der Waals surface area (Å²) >= 11 is 11.8. The van der Waals surface area contributed by atoms with Crippen LogP contribution in [0.15, 0.2) is 12.1 Å². The molecule has 140 valence electrons. The molecular weight excluding hydrogens is 398 g/mol. The standard InChI is InChI=1S/C14H12Cl2F3N5O2/c15-8-5-7(14(17,18)19)6-9(16)10(8)11(25)24-3-1-13(26,2-4-24)12-20-22-23-21-12/h5-6,26H,1-4H2,(H,20,21,22,23). The van der Waals surface area contributed by atoms with Gasteiger partial charge in [0.15, 0.2) is 0 Å². The minimum Gasteiger partial charge on any atom is -0.382 e. The van der Waals surface area contributed by atoms with E-state index >= 15 is 0 Å². The van der Waals surface area contributed by atoms with E-state index in [0.29, 0.717) is 12.1 Å². The van der Waals surface area contributed by atoms with Crippen molar-refractivity contribution in [1.82, 2.24) is 25.5 Å². The number of hydrogen-bond acceptors (Lipinski definition) is 5. The molecule has 1 saturated heterocycles. The van der Waals surface area contributed by atoms with Crippen LogP contribution < -0.4 is 0 Å². The van der Waals surface area contributed by atoms with E-state index in [2.05, 4.69) is 20.6 Å². The van der Waals surface area contributed by atoms with Gasteiger partial charge < -0.3 is 10.0 Å². The molecule has 2 heterocycles. The molecule has 1 fully saturated rings. The van der Waals surface area contributed by atoms with Crippen LogP contribution in [0.5, 0.6) is 0 Å². The molecule has 0 radical (unpaired) electrons. The average Bonchev–Trinajstić information content (AvgIpc) is 3.09. The van der Waals surface area contributed by atoms with E-state index in [1.54, 1.807) is 0 Å². The van der Waals surface area contributed by atoms with Crippen LogP contribution in [0.1, 0.15) is 34.6 Å². The van der Waals surface area contributed by atoms with E-state index in [-0.39, 0.29) is 47.4 Å². The number of amides is 1. The maximum atomic E-state index is 12.8. The third kappa shape index (κ3) is 3.49. The van der Waals surface area contributed by atoms with Gasteiger partial charge in [-0.3, -0.25) is 4.79 Å². The normalized spacial score (nSPS) is 17.4. The molecule has 12 heteroatoms. The van der Waals surface area contributed by atoms with Gasteiger partial charge in [0.1, 0.15) is 5.60 Å². The first-order chi connectivity index (χ1) is 12.1. The highest BCUT2D eigenvalue weighted by Gasteiger charge is 2.40. The number of carbonyl (C=O) groups excluding carboxylic acids is 1. The van der Waals surface area contributed by atoms with Crippen LogP contribution in [0.3, 0.4) is 0 Å². The predicted octanol–water partition coefficient (Wildman–Crippen LogP) is 2.65. The minimum absolute atomic E-state index is 0.121. The summed E-state index contributed by atoms with van der Waals surface area (Å²) in [5, 5.41) is 22.9. The van der Waals surface area contributed by atoms with Gasteiger partial charge in [-0.25, -0.2) is 0 Å². The number of likely N-dealkylation sites (tertiary alicyclic amines) is 1. The third-order valence-electron chi connectivity index (χ3n) is 4.22. The fraction of sp³-hybridized carbons (Fsp3) is 0.429. The molecule has 2 N–H and O–H groups in total. The molecule has 0 spiro atoms. The molecule has 7 nitrogen and oxygen atoms in total. The van der Waals surface area contributed by atoms with Crippen molar-refractivity contribution in [3.05, 3.63) is 39.1 Å². The number of aromatic amines is 1. The van der Waals surface area contributed by atoms with E-state index in [9.17, 15) is 23.1 Å². The zero-order chi connectivity index (χ0) is 19.1. The number of benzene rings is 1. The Hall–Kier alpha value is -1.91. The molecule has 1 aliphatic rings. The van der Waals surface area contributed by atoms with Gasteiger partial charge in [-0.15, -0.1) is 10.2 Å². The third-order valence-corrected chi connectivity index (χ3v) is 4.82. The summed E-state index contributed by atoms with van der Waals surface area (Å²) in [5.74, 6) is -0.487. The molecule has 1 aromatic heterocycles. The Balaban J connectivity index is 1.79. The summed E-state index contributed by atoms with van der Waals surface area (Å²) in [4.78, 5) is 14.0. The second kappa shape index (κ2) is 6.67. The van der Waals surface area contributed by atoms with Gasteiger partial charge in [-0.05, 0) is 12.1 Å². The fourth-order valence-electron chi connectivity index (χ4n) is 2.76. The first kappa shape index (κ1) is 18.9. The lowest BCUT2D eigenvalue weighted by atomic mass is 9.90. The average molecular weight is 410 g/mol. The Labute approximate surface area is 155 Å². The number of nitrogens with zero attached hydrogens (tertiary/aromatic N) is 4. The number of alkyl halides is 3. The summed E-state index contributed by atoms with van der Waals surface area (Å²) in [5.41, 5.74) is -2.57. The van der Waals surface area contributed by atoms with Crippen LogP contribution in [0.4, 0.5) is 13.2 Å². The van der Waals surface area contributed by atoms with Crippen molar-refractivity contribution < 1.29 is 23.1 Å². The Morgan fingerprint density at radius 2 is 1.81 bits per heavy atom. The van der Waals surface area contributed by atoms with Gasteiger partial charge in [-0.1, -0.05) is 28.4 Å². The van der Waals surface area contributed by atoms with Crippen molar-refractivity contribution >= 4 is 29.1 Å². The van der Waals surface area contributed by atoms with Gasteiger partial charge in [0.2, 0.25) is 5.82 Å². The quantitative estimate of drug-likeness (QED) is 0.794. The van der Waals surface area contributed by atoms with E-state index in [1.165, 1.54) is 4.90 Å². The van der Waals surface area contributed by atoms with Crippen molar-refractivity contribution in [2.75, 3.05) is 13.1 Å². The molecule has 26 heavy (non-hydrogen) atoms. The second-order valence-electron chi connectivity index (χ2n) is 5.87. The first-order valence-electron chi connectivity index (χ1n) is 7.43. The molecule has 2 aromatic rings. The number of H-pyrrole nitrogens is 1. The van der Waals surface area contributed by atoms with Crippen LogP contribution in [0.2, 0.25) is 10.0 Å². The largest absolute Gasteiger partial charge is 0.416 e. The highest BCUT2D eigenvalue weighted by atomic mass is 35.5. The Kier molecular flexibility index (Phi) is 4.84. The molecule has 0 bridgehead atoms. The SMILES string of the molecule is O=C(c1c(Cl)cc(C(F)(F)F)cc1Cl)N1CCC(O)(c2nn[nH]n2)CC1. The minimum atomic E-state index is -4.62. The van der Waals surface area contributed by atoms with Crippen LogP contribution >= 0.6 is 23.2 Å². The highest BCUT2D eigenvalue weighted by molar-refractivity contribution is 6.39. The van der Waals surface area contributed by atoms with Crippen molar-refractivity contribution in [3.63, 3.8) is 0 Å². The highest BCUT2D eigenvalue weighted by Crippen LogP contribution is 2.37. The zero-order valence-corrected chi connectivity index (χ0v) is 14.5. The molecule has 1 aliphatic heterocycles. The Morgan fingerprint density at radius 3 is 2.27 bits per heavy atom. The summed E-state index contributed by atoms with van der Waals surface area (Å²) in [6.45, 7) is 0.245. The zero-order valence-electron chi connectivity index (χ0n) is 13.0. The van der Waals surface area contributed by atoms with Crippen molar-refractivity contribution in [3.8, 4) is 0 Å². The van der Waals surface area contributed by atoms with E-state index < -0.39 is 23.2 Å². The van der Waals surface area contributed by atoms with E-state index in [1.807, 2.05) is 0 Å². The molecule has 0 unspecified atom stereocenters. The predicted molar refractivity (Wildman–Crippen MR) is 84.7 cm³/mol. The lowest BCUT2D eigenvalue weighted by Gasteiger charge is -2.36. The number of halogens is 5. The van der Waals surface area contributed by atoms with E-state index in [4.69, 9.17) is 23.2 Å². The van der Waals surface area contributed by atoms with Crippen LogP contribution in [-0.2, 0) is 11.8 Å². The second-order valence-corrected chi connectivity index (χ2v) is 6.69. The molecule has 1 amide bonds. The number of piperidine rings is 1. The molecule has 3 rings (SSSR count). The number of aliphatic hydroxyl groups is 1. The van der Waals surface area contributed by atoms with Crippen molar-refractivity contribution in [2.45, 2.75) is 24.6 Å². The first-order valence-corrected chi connectivity index (χ1v) is 8.19. The van der Waals surface area contributed by atoms with Gasteiger partial charge in [0.05, 0.1) is 21.2 Å². The summed E-state index contributed by atoms with van der Waals surface area (Å²) in [7, 11) is 0. The molecular formula is C14H12Cl2F3N5O2. The Morgan fingerprint density at radius 1 is 1.23 bits per heavy atom. The van der Waals surface area contributed by atoms with Gasteiger partial charge in [0, 0.05) is 25.9 Å². The van der Waals surface area contributed by atoms with Gasteiger partial charge in [-0.2, -0.15) is 18.4 Å². The lowest BCUT2D eigenvalue weighted by Crippen LogP contribution is -2.45. The molecule has 1 aromatic carbocycles. The number of nitrogens with one attached hydrogen (secondary N) is 1. The maximum Gasteiger partial charge on any atom is 0.416 e. The topological polar surface area (TPSA) is 95.0 Å². The smallest absolute Gasteiger partial charge is 0.382 e. The number of aromatic nitrogens is 4. The summed E-state index contributed by atoms with van der Waals surface area (Å²) in [6.07, 6.45) is -4.36. The summed E-state index contributed by atoms with van der Waals surface area (Å²) in [6, 6.07) is 1.33. The fourth-order valence-corrected chi connectivity index (χ4v) is 3.41. The molecule has 0 saturated carbocycles. The van der Waals surface area contributed by atoms with Crippen LogP contribution in [-0.4, -0.2) is 49.6 Å². The number of hydrogen-bond donors (Lipinski definition) is 2. The lowest BCUT2D eigenvalue weighted by molar-refractivity contribution is -0.137. The molecule has 0 aliphatic carbocycles. The summed E-state index contributed by atoms with van der Waals surface area (Å²) < 4.78 is 38.4. The maximum absolute atomic E-state index is 12.8. The van der Waals surface area contributed by atoms with E-state index in [0.717, 1.165) is 0 Å². The molecule has 0 atom stereocenters. The van der Waals surface area contributed by atoms with Crippen LogP contribution in [0, 0.1) is 0 Å². The monoisotopic (exact) mass is 409 g/mol.